The van der Waals surface area contributed by atoms with Crippen molar-refractivity contribution in [1.82, 2.24) is 9.88 Å². The average molecular weight is 264 g/mol. The molecule has 1 aliphatic heterocycles. The first-order chi connectivity index (χ1) is 8.58. The van der Waals surface area contributed by atoms with E-state index in [4.69, 9.17) is 18.0 Å². The van der Waals surface area contributed by atoms with E-state index in [1.807, 2.05) is 13.1 Å². The third-order valence-electron chi connectivity index (χ3n) is 3.52. The van der Waals surface area contributed by atoms with Crippen LogP contribution >= 0.6 is 12.2 Å². The van der Waals surface area contributed by atoms with Gasteiger partial charge in [0.25, 0.3) is 0 Å². The molecule has 1 aromatic rings. The van der Waals surface area contributed by atoms with Crippen LogP contribution in [0, 0.1) is 6.92 Å². The van der Waals surface area contributed by atoms with Crippen LogP contribution in [0.3, 0.4) is 0 Å². The summed E-state index contributed by atoms with van der Waals surface area (Å²) in [5, 5.41) is 0. The minimum atomic E-state index is 0.196. The molecule has 98 valence electrons. The van der Waals surface area contributed by atoms with E-state index in [-0.39, 0.29) is 6.04 Å². The van der Waals surface area contributed by atoms with Gasteiger partial charge in [-0.25, -0.2) is 0 Å². The summed E-state index contributed by atoms with van der Waals surface area (Å²) in [5.41, 5.74) is 8.02. The molecule has 18 heavy (non-hydrogen) atoms. The molecule has 1 unspecified atom stereocenters. The Bertz CT molecular complexity index is 427. The summed E-state index contributed by atoms with van der Waals surface area (Å²) in [6.45, 7) is 8.12. The molecule has 4 nitrogen and oxygen atoms in total. The van der Waals surface area contributed by atoms with Crippen LogP contribution in [0.2, 0.25) is 0 Å². The summed E-state index contributed by atoms with van der Waals surface area (Å²) < 4.78 is 0. The highest BCUT2D eigenvalue weighted by atomic mass is 32.1. The standard InChI is InChI=1S/C13H20N4S/c1-10-9-12(3-4-15-10)17-7-5-16(6-8-17)11(2)13(14)18/h3-4,9,11H,5-8H2,1-2H3,(H2,14,18). The van der Waals surface area contributed by atoms with Crippen LogP contribution in [0.15, 0.2) is 18.3 Å². The van der Waals surface area contributed by atoms with Gasteiger partial charge in [-0.05, 0) is 26.0 Å². The van der Waals surface area contributed by atoms with E-state index in [0.717, 1.165) is 31.9 Å². The van der Waals surface area contributed by atoms with E-state index >= 15 is 0 Å². The van der Waals surface area contributed by atoms with Gasteiger partial charge in [0.2, 0.25) is 0 Å². The molecular formula is C13H20N4S. The second-order valence-corrected chi connectivity index (χ2v) is 5.23. The topological polar surface area (TPSA) is 45.4 Å². The van der Waals surface area contributed by atoms with Crippen LogP contribution in [0.1, 0.15) is 12.6 Å². The molecule has 0 saturated carbocycles. The van der Waals surface area contributed by atoms with Gasteiger partial charge in [0.15, 0.2) is 0 Å². The SMILES string of the molecule is Cc1cc(N2CCN(C(C)C(N)=S)CC2)ccn1. The third-order valence-corrected chi connectivity index (χ3v) is 3.86. The second kappa shape index (κ2) is 5.63. The van der Waals surface area contributed by atoms with E-state index in [0.29, 0.717) is 4.99 Å². The Morgan fingerprint density at radius 2 is 2.06 bits per heavy atom. The number of pyridine rings is 1. The zero-order chi connectivity index (χ0) is 13.1. The Hall–Kier alpha value is -1.20. The van der Waals surface area contributed by atoms with Gasteiger partial charge in [0, 0.05) is 43.8 Å². The van der Waals surface area contributed by atoms with E-state index in [9.17, 15) is 0 Å². The highest BCUT2D eigenvalue weighted by Gasteiger charge is 2.22. The van der Waals surface area contributed by atoms with Crippen molar-refractivity contribution in [3.8, 4) is 0 Å². The molecule has 2 heterocycles. The number of aryl methyl sites for hydroxylation is 1. The molecule has 1 fully saturated rings. The largest absolute Gasteiger partial charge is 0.392 e. The second-order valence-electron chi connectivity index (χ2n) is 4.76. The zero-order valence-electron chi connectivity index (χ0n) is 11.0. The average Bonchev–Trinajstić information content (AvgIpc) is 2.38. The maximum atomic E-state index is 5.70. The molecular weight excluding hydrogens is 244 g/mol. The van der Waals surface area contributed by atoms with Gasteiger partial charge >= 0.3 is 0 Å². The first-order valence-electron chi connectivity index (χ1n) is 6.29. The molecule has 1 atom stereocenters. The number of hydrogen-bond acceptors (Lipinski definition) is 4. The monoisotopic (exact) mass is 264 g/mol. The quantitative estimate of drug-likeness (QED) is 0.831. The summed E-state index contributed by atoms with van der Waals surface area (Å²) in [6.07, 6.45) is 1.87. The Labute approximate surface area is 114 Å². The number of hydrogen-bond donors (Lipinski definition) is 1. The molecule has 0 radical (unpaired) electrons. The summed E-state index contributed by atoms with van der Waals surface area (Å²) >= 11 is 5.05. The lowest BCUT2D eigenvalue weighted by Gasteiger charge is -2.38. The summed E-state index contributed by atoms with van der Waals surface area (Å²) in [5.74, 6) is 0. The Balaban J connectivity index is 1.96. The molecule has 2 N–H and O–H groups in total. The molecule has 5 heteroatoms. The van der Waals surface area contributed by atoms with Gasteiger partial charge in [-0.15, -0.1) is 0 Å². The van der Waals surface area contributed by atoms with Gasteiger partial charge in [-0.1, -0.05) is 12.2 Å². The predicted molar refractivity (Wildman–Crippen MR) is 79.0 cm³/mol. The number of nitrogens with two attached hydrogens (primary N) is 1. The third kappa shape index (κ3) is 2.97. The van der Waals surface area contributed by atoms with Crippen LogP contribution in [0.25, 0.3) is 0 Å². The van der Waals surface area contributed by atoms with Crippen molar-refractivity contribution >= 4 is 22.9 Å². The molecule has 1 aromatic heterocycles. The Morgan fingerprint density at radius 1 is 1.39 bits per heavy atom. The first-order valence-corrected chi connectivity index (χ1v) is 6.69. The fourth-order valence-corrected chi connectivity index (χ4v) is 2.42. The fourth-order valence-electron chi connectivity index (χ4n) is 2.27. The normalized spacial score (nSPS) is 18.7. The van der Waals surface area contributed by atoms with Crippen molar-refractivity contribution in [2.24, 2.45) is 5.73 Å². The molecule has 1 saturated heterocycles. The van der Waals surface area contributed by atoms with Crippen LogP contribution in [0.4, 0.5) is 5.69 Å². The maximum Gasteiger partial charge on any atom is 0.0899 e. The number of rotatable bonds is 3. The number of piperazine rings is 1. The van der Waals surface area contributed by atoms with Crippen molar-refractivity contribution in [3.63, 3.8) is 0 Å². The van der Waals surface area contributed by atoms with Crippen molar-refractivity contribution in [3.05, 3.63) is 24.0 Å². The van der Waals surface area contributed by atoms with E-state index in [1.165, 1.54) is 5.69 Å². The highest BCUT2D eigenvalue weighted by Crippen LogP contribution is 2.17. The highest BCUT2D eigenvalue weighted by molar-refractivity contribution is 7.80. The molecule has 0 amide bonds. The van der Waals surface area contributed by atoms with Gasteiger partial charge in [-0.3, -0.25) is 9.88 Å². The van der Waals surface area contributed by atoms with Crippen molar-refractivity contribution in [1.29, 1.82) is 0 Å². The lowest BCUT2D eigenvalue weighted by Crippen LogP contribution is -2.52. The minimum absolute atomic E-state index is 0.196. The lowest BCUT2D eigenvalue weighted by molar-refractivity contribution is 0.239. The maximum absolute atomic E-state index is 5.70. The van der Waals surface area contributed by atoms with Crippen LogP contribution in [-0.2, 0) is 0 Å². The predicted octanol–water partition coefficient (Wildman–Crippen LogP) is 1.19. The van der Waals surface area contributed by atoms with Gasteiger partial charge in [0.05, 0.1) is 11.0 Å². The summed E-state index contributed by atoms with van der Waals surface area (Å²) in [7, 11) is 0. The summed E-state index contributed by atoms with van der Waals surface area (Å²) in [6, 6.07) is 4.40. The number of nitrogens with zero attached hydrogens (tertiary/aromatic N) is 3. The van der Waals surface area contributed by atoms with Crippen molar-refractivity contribution in [2.45, 2.75) is 19.9 Å². The van der Waals surface area contributed by atoms with Crippen molar-refractivity contribution < 1.29 is 0 Å². The van der Waals surface area contributed by atoms with E-state index in [1.54, 1.807) is 0 Å². The van der Waals surface area contributed by atoms with Gasteiger partial charge in [-0.2, -0.15) is 0 Å². The molecule has 0 spiro atoms. The molecule has 0 aromatic carbocycles. The smallest absolute Gasteiger partial charge is 0.0899 e. The lowest BCUT2D eigenvalue weighted by atomic mass is 10.2. The minimum Gasteiger partial charge on any atom is -0.392 e. The Morgan fingerprint density at radius 3 is 2.61 bits per heavy atom. The molecule has 0 aliphatic carbocycles. The van der Waals surface area contributed by atoms with Crippen LogP contribution in [-0.4, -0.2) is 47.1 Å². The van der Waals surface area contributed by atoms with E-state index < -0.39 is 0 Å². The van der Waals surface area contributed by atoms with Crippen LogP contribution < -0.4 is 10.6 Å². The molecule has 2 rings (SSSR count). The number of aromatic nitrogens is 1. The van der Waals surface area contributed by atoms with Crippen LogP contribution in [0.5, 0.6) is 0 Å². The van der Waals surface area contributed by atoms with E-state index in [2.05, 4.69) is 33.8 Å². The number of thiocarbonyl (C=S) groups is 1. The number of anilines is 1. The van der Waals surface area contributed by atoms with Gasteiger partial charge in [0.1, 0.15) is 0 Å². The molecule has 0 bridgehead atoms. The zero-order valence-corrected chi connectivity index (χ0v) is 11.8. The first kappa shape index (κ1) is 13.2. The fraction of sp³-hybridized carbons (Fsp3) is 0.538. The Kier molecular flexibility index (Phi) is 4.14. The summed E-state index contributed by atoms with van der Waals surface area (Å²) in [4.78, 5) is 9.54. The molecule has 1 aliphatic rings. The van der Waals surface area contributed by atoms with Crippen molar-refractivity contribution in [2.75, 3.05) is 31.1 Å². The van der Waals surface area contributed by atoms with Gasteiger partial charge < -0.3 is 10.6 Å².